The highest BCUT2D eigenvalue weighted by molar-refractivity contribution is 8.02. The molecule has 3 heterocycles. The lowest BCUT2D eigenvalue weighted by molar-refractivity contribution is -0.139. The lowest BCUT2D eigenvalue weighted by Crippen LogP contribution is -2.53. The van der Waals surface area contributed by atoms with Gasteiger partial charge in [0.15, 0.2) is 0 Å². The third-order valence-corrected chi connectivity index (χ3v) is 9.37. The average Bonchev–Trinajstić information content (AvgIpc) is 3.49. The Hall–Kier alpha value is -2.26. The van der Waals surface area contributed by atoms with E-state index in [0.717, 1.165) is 37.9 Å². The third kappa shape index (κ3) is 4.89. The van der Waals surface area contributed by atoms with Crippen molar-refractivity contribution < 1.29 is 24.2 Å². The molecule has 8 nitrogen and oxygen atoms in total. The molecule has 3 fully saturated rings. The number of amides is 3. The molecule has 0 radical (unpaired) electrons. The Morgan fingerprint density at radius 3 is 2.63 bits per heavy atom. The molecule has 3 saturated heterocycles. The molecule has 3 aliphatic rings. The molecule has 2 unspecified atom stereocenters. The Morgan fingerprint density at radius 1 is 1.17 bits per heavy atom. The van der Waals surface area contributed by atoms with Gasteiger partial charge in [0.05, 0.1) is 23.2 Å². The molecule has 35 heavy (non-hydrogen) atoms. The van der Waals surface area contributed by atoms with Crippen LogP contribution in [0.2, 0.25) is 0 Å². The summed E-state index contributed by atoms with van der Waals surface area (Å²) in [7, 11) is 0. The van der Waals surface area contributed by atoms with E-state index in [9.17, 15) is 19.5 Å². The van der Waals surface area contributed by atoms with E-state index in [2.05, 4.69) is 17.6 Å². The van der Waals surface area contributed by atoms with Gasteiger partial charge >= 0.3 is 0 Å². The van der Waals surface area contributed by atoms with Gasteiger partial charge in [0, 0.05) is 30.6 Å². The van der Waals surface area contributed by atoms with Crippen LogP contribution in [-0.2, 0) is 14.4 Å². The summed E-state index contributed by atoms with van der Waals surface area (Å²) in [6.45, 7) is 5.45. The zero-order valence-corrected chi connectivity index (χ0v) is 21.4. The molecule has 0 aromatic heterocycles. The number of nitrogens with one attached hydrogen (secondary N) is 2. The predicted molar refractivity (Wildman–Crippen MR) is 136 cm³/mol. The first kappa shape index (κ1) is 25.8. The van der Waals surface area contributed by atoms with Gasteiger partial charge in [-0.1, -0.05) is 19.8 Å². The monoisotopic (exact) mass is 503 g/mol. The third-order valence-electron chi connectivity index (χ3n) is 7.42. The van der Waals surface area contributed by atoms with Crippen molar-refractivity contribution in [3.05, 3.63) is 24.3 Å². The number of benzene rings is 1. The van der Waals surface area contributed by atoms with Crippen LogP contribution in [0, 0.1) is 11.8 Å². The number of fused-ring (bicyclic) bond motifs is 1. The van der Waals surface area contributed by atoms with Crippen LogP contribution < -0.4 is 15.4 Å². The number of thioether (sulfide) groups is 1. The Balaban J connectivity index is 1.54. The van der Waals surface area contributed by atoms with Crippen LogP contribution in [0.1, 0.15) is 52.4 Å². The zero-order chi connectivity index (χ0) is 25.0. The maximum absolute atomic E-state index is 13.7. The van der Waals surface area contributed by atoms with Crippen LogP contribution in [-0.4, -0.2) is 70.1 Å². The SMILES string of the molecule is CCCCCNC(=O)C1N(CCCO)C(=O)[C@@H]2[C@H](C(=O)Nc3ccc(OCC)cc3)[C@@H]3CCC12S3. The van der Waals surface area contributed by atoms with Crippen LogP contribution in [0.3, 0.4) is 0 Å². The van der Waals surface area contributed by atoms with Crippen molar-refractivity contribution in [1.82, 2.24) is 10.2 Å². The second kappa shape index (κ2) is 11.2. The van der Waals surface area contributed by atoms with E-state index in [0.29, 0.717) is 31.8 Å². The van der Waals surface area contributed by atoms with E-state index < -0.39 is 22.6 Å². The molecule has 3 aliphatic heterocycles. The highest BCUT2D eigenvalue weighted by atomic mass is 32.2. The second-order valence-electron chi connectivity index (χ2n) is 9.61. The van der Waals surface area contributed by atoms with Crippen LogP contribution in [0.25, 0.3) is 0 Å². The van der Waals surface area contributed by atoms with E-state index in [1.54, 1.807) is 28.8 Å². The van der Waals surface area contributed by atoms with Crippen LogP contribution in [0.15, 0.2) is 24.3 Å². The number of hydrogen-bond acceptors (Lipinski definition) is 6. The van der Waals surface area contributed by atoms with Gasteiger partial charge in [-0.3, -0.25) is 14.4 Å². The number of rotatable bonds is 12. The fourth-order valence-corrected chi connectivity index (χ4v) is 8.16. The van der Waals surface area contributed by atoms with Crippen LogP contribution >= 0.6 is 11.8 Å². The lowest BCUT2D eigenvalue weighted by Gasteiger charge is -2.34. The molecule has 1 spiro atoms. The summed E-state index contributed by atoms with van der Waals surface area (Å²) in [6, 6.07) is 6.62. The molecule has 0 aliphatic carbocycles. The summed E-state index contributed by atoms with van der Waals surface area (Å²) in [5.74, 6) is -0.707. The number of aliphatic hydroxyl groups excluding tert-OH is 1. The number of ether oxygens (including phenoxy) is 1. The van der Waals surface area contributed by atoms with E-state index in [-0.39, 0.29) is 29.6 Å². The lowest BCUT2D eigenvalue weighted by atomic mass is 9.70. The van der Waals surface area contributed by atoms with Crippen LogP contribution in [0.5, 0.6) is 5.75 Å². The number of unbranched alkanes of at least 4 members (excludes halogenated alkanes) is 2. The van der Waals surface area contributed by atoms with Gasteiger partial charge in [-0.25, -0.2) is 0 Å². The zero-order valence-electron chi connectivity index (χ0n) is 20.6. The highest BCUT2D eigenvalue weighted by Gasteiger charge is 2.73. The van der Waals surface area contributed by atoms with Crippen molar-refractivity contribution in [2.45, 2.75) is 68.4 Å². The Bertz CT molecular complexity index is 926. The maximum atomic E-state index is 13.7. The molecule has 1 aromatic rings. The minimum atomic E-state index is -0.605. The summed E-state index contributed by atoms with van der Waals surface area (Å²) in [5.41, 5.74) is 0.660. The van der Waals surface area contributed by atoms with Gasteiger partial charge < -0.3 is 25.4 Å². The first-order valence-electron chi connectivity index (χ1n) is 12.9. The fourth-order valence-electron chi connectivity index (χ4n) is 5.95. The summed E-state index contributed by atoms with van der Waals surface area (Å²) < 4.78 is 4.88. The van der Waals surface area contributed by atoms with Gasteiger partial charge in [0.2, 0.25) is 17.7 Å². The molecular formula is C26H37N3O5S. The second-order valence-corrected chi connectivity index (χ2v) is 11.2. The first-order valence-corrected chi connectivity index (χ1v) is 13.7. The topological polar surface area (TPSA) is 108 Å². The van der Waals surface area contributed by atoms with Gasteiger partial charge in [-0.2, -0.15) is 0 Å². The number of carbonyl (C=O) groups is 3. The van der Waals surface area contributed by atoms with Gasteiger partial charge in [0.1, 0.15) is 11.8 Å². The molecule has 2 bridgehead atoms. The number of likely N-dealkylation sites (tertiary alicyclic amines) is 1. The summed E-state index contributed by atoms with van der Waals surface area (Å²) in [5, 5.41) is 15.5. The standard InChI is InChI=1S/C26H37N3O5S/c1-3-5-6-14-27-24(32)22-26-13-12-19(35-26)20(21(26)25(33)29(22)15-7-16-30)23(31)28-17-8-10-18(11-9-17)34-4-2/h8-11,19-22,30H,3-7,12-16H2,1-2H3,(H,27,32)(H,28,31)/t19-,20+,21-,22?,26?/m0/s1. The largest absolute Gasteiger partial charge is 0.494 e. The predicted octanol–water partition coefficient (Wildman–Crippen LogP) is 2.80. The smallest absolute Gasteiger partial charge is 0.244 e. The number of anilines is 1. The van der Waals surface area contributed by atoms with E-state index in [1.807, 2.05) is 19.1 Å². The molecule has 0 saturated carbocycles. The van der Waals surface area contributed by atoms with Gasteiger partial charge in [0.25, 0.3) is 0 Å². The molecule has 4 rings (SSSR count). The molecule has 192 valence electrons. The van der Waals surface area contributed by atoms with E-state index in [1.165, 1.54) is 0 Å². The van der Waals surface area contributed by atoms with Crippen molar-refractivity contribution >= 4 is 35.2 Å². The summed E-state index contributed by atoms with van der Waals surface area (Å²) >= 11 is 1.66. The van der Waals surface area contributed by atoms with Gasteiger partial charge in [-0.05, 0) is 56.9 Å². The normalized spacial score (nSPS) is 28.8. The number of carbonyl (C=O) groups excluding carboxylic acids is 3. The van der Waals surface area contributed by atoms with Crippen molar-refractivity contribution in [3.8, 4) is 5.75 Å². The van der Waals surface area contributed by atoms with Crippen molar-refractivity contribution in [1.29, 1.82) is 0 Å². The maximum Gasteiger partial charge on any atom is 0.244 e. The first-order chi connectivity index (χ1) is 17.0. The number of nitrogens with zero attached hydrogens (tertiary/aromatic N) is 1. The van der Waals surface area contributed by atoms with Crippen molar-refractivity contribution in [2.24, 2.45) is 11.8 Å². The van der Waals surface area contributed by atoms with Gasteiger partial charge in [-0.15, -0.1) is 11.8 Å². The quantitative estimate of drug-likeness (QED) is 0.379. The Labute approximate surface area is 211 Å². The Morgan fingerprint density at radius 2 is 1.94 bits per heavy atom. The average molecular weight is 504 g/mol. The van der Waals surface area contributed by atoms with Crippen LogP contribution in [0.4, 0.5) is 5.69 Å². The molecule has 1 aromatic carbocycles. The minimum Gasteiger partial charge on any atom is -0.494 e. The molecule has 3 amide bonds. The van der Waals surface area contributed by atoms with E-state index in [4.69, 9.17) is 4.74 Å². The van der Waals surface area contributed by atoms with E-state index >= 15 is 0 Å². The molecule has 3 N–H and O–H groups in total. The van der Waals surface area contributed by atoms with Crippen molar-refractivity contribution in [2.75, 3.05) is 31.6 Å². The Kier molecular flexibility index (Phi) is 8.27. The summed E-state index contributed by atoms with van der Waals surface area (Å²) in [4.78, 5) is 42.2. The van der Waals surface area contributed by atoms with Crippen molar-refractivity contribution in [3.63, 3.8) is 0 Å². The minimum absolute atomic E-state index is 0.0158. The molecule has 9 heteroatoms. The fraction of sp³-hybridized carbons (Fsp3) is 0.654. The number of hydrogen-bond donors (Lipinski definition) is 3. The highest BCUT2D eigenvalue weighted by Crippen LogP contribution is 2.66. The summed E-state index contributed by atoms with van der Waals surface area (Å²) in [6.07, 6.45) is 4.97. The molecule has 5 atom stereocenters. The molecular weight excluding hydrogens is 466 g/mol. The number of aliphatic hydroxyl groups is 1.